The van der Waals surface area contributed by atoms with Crippen LogP contribution in [0, 0.1) is 22.9 Å². The lowest BCUT2D eigenvalue weighted by Crippen LogP contribution is -2.24. The predicted molar refractivity (Wildman–Crippen MR) is 89.5 cm³/mol. The molecule has 20 heavy (non-hydrogen) atoms. The van der Waals surface area contributed by atoms with Gasteiger partial charge in [-0.25, -0.2) is 0 Å². The summed E-state index contributed by atoms with van der Waals surface area (Å²) in [6.07, 6.45) is -2.15. The molecular weight excluding hydrogens is 284 g/mol. The van der Waals surface area contributed by atoms with Crippen molar-refractivity contribution in [1.82, 2.24) is 0 Å². The lowest BCUT2D eigenvalue weighted by molar-refractivity contribution is 0.0710. The summed E-state index contributed by atoms with van der Waals surface area (Å²) in [6, 6.07) is 0. The molecule has 0 bridgehead atoms. The Kier molecular flexibility index (Phi) is 7.79. The molecule has 0 fully saturated rings. The molecule has 0 radical (unpaired) electrons. The van der Waals surface area contributed by atoms with Crippen LogP contribution in [0.3, 0.4) is 0 Å². The van der Waals surface area contributed by atoms with Crippen LogP contribution in [0.1, 0.15) is 12.8 Å². The van der Waals surface area contributed by atoms with E-state index in [1.54, 1.807) is 0 Å². The fourth-order valence-corrected chi connectivity index (χ4v) is 2.53. The fourth-order valence-electron chi connectivity index (χ4n) is 1.33. The van der Waals surface area contributed by atoms with Crippen molar-refractivity contribution in [1.29, 1.82) is 0 Å². The van der Waals surface area contributed by atoms with Crippen LogP contribution >= 0.6 is 0 Å². The van der Waals surface area contributed by atoms with Crippen LogP contribution in [0.4, 0.5) is 0 Å². The van der Waals surface area contributed by atoms with E-state index in [9.17, 15) is 15.3 Å². The van der Waals surface area contributed by atoms with Crippen molar-refractivity contribution < 1.29 is 15.3 Å². The molecule has 0 unspecified atom stereocenters. The third kappa shape index (κ3) is 12.5. The van der Waals surface area contributed by atoms with E-state index >= 15 is 0 Å². The Balaban J connectivity index is 4.31. The van der Waals surface area contributed by atoms with Gasteiger partial charge in [0.2, 0.25) is 0 Å². The van der Waals surface area contributed by atoms with Crippen molar-refractivity contribution >= 4 is 16.1 Å². The van der Waals surface area contributed by atoms with Crippen molar-refractivity contribution in [2.24, 2.45) is 0 Å². The number of aliphatic hydroxyl groups excluding tert-OH is 3. The van der Waals surface area contributed by atoms with Gasteiger partial charge in [-0.2, -0.15) is 0 Å². The SMILES string of the molecule is C[Si](C)(C)C#C[C@H](O)CC(O)C[C@@H](O)C#C[Si](C)(C)C. The second kappa shape index (κ2) is 8.02. The molecule has 2 atom stereocenters. The Hall–Kier alpha value is -0.566. The van der Waals surface area contributed by atoms with Gasteiger partial charge in [-0.15, -0.1) is 11.1 Å². The van der Waals surface area contributed by atoms with E-state index in [1.807, 2.05) is 0 Å². The summed E-state index contributed by atoms with van der Waals surface area (Å²) in [5, 5.41) is 29.3. The average molecular weight is 313 g/mol. The molecule has 0 heterocycles. The van der Waals surface area contributed by atoms with Gasteiger partial charge < -0.3 is 15.3 Å². The minimum absolute atomic E-state index is 0.156. The third-order valence-corrected chi connectivity index (χ3v) is 4.01. The molecule has 0 saturated heterocycles. The third-order valence-electron chi connectivity index (χ3n) is 2.22. The number of rotatable bonds is 4. The van der Waals surface area contributed by atoms with E-state index < -0.39 is 34.5 Å². The summed E-state index contributed by atoms with van der Waals surface area (Å²) in [4.78, 5) is 0. The van der Waals surface area contributed by atoms with E-state index in [-0.39, 0.29) is 12.8 Å². The smallest absolute Gasteiger partial charge is 0.129 e. The molecule has 0 aliphatic carbocycles. The first kappa shape index (κ1) is 19.4. The van der Waals surface area contributed by atoms with Gasteiger partial charge in [0.25, 0.3) is 0 Å². The first-order valence-corrected chi connectivity index (χ1v) is 14.0. The molecule has 0 saturated carbocycles. The fraction of sp³-hybridized carbons (Fsp3) is 0.733. The molecule has 3 nitrogen and oxygen atoms in total. The first-order valence-electron chi connectivity index (χ1n) is 6.98. The summed E-state index contributed by atoms with van der Waals surface area (Å²) < 4.78 is 0. The summed E-state index contributed by atoms with van der Waals surface area (Å²) in [6.45, 7) is 12.6. The van der Waals surface area contributed by atoms with Crippen LogP contribution in [0.15, 0.2) is 0 Å². The van der Waals surface area contributed by atoms with Crippen LogP contribution in [-0.4, -0.2) is 49.8 Å². The van der Waals surface area contributed by atoms with Gasteiger partial charge in [-0.05, 0) is 0 Å². The van der Waals surface area contributed by atoms with Crippen molar-refractivity contribution in [2.75, 3.05) is 0 Å². The van der Waals surface area contributed by atoms with Gasteiger partial charge in [-0.1, -0.05) is 51.1 Å². The molecule has 0 aromatic rings. The maximum atomic E-state index is 9.82. The predicted octanol–water partition coefficient (Wildman–Crippen LogP) is 1.61. The summed E-state index contributed by atoms with van der Waals surface area (Å²) in [5.41, 5.74) is 6.14. The highest BCUT2D eigenvalue weighted by Crippen LogP contribution is 2.07. The molecule has 0 spiro atoms. The highest BCUT2D eigenvalue weighted by Gasteiger charge is 2.15. The zero-order valence-corrected chi connectivity index (χ0v) is 15.5. The molecule has 0 aromatic carbocycles. The minimum Gasteiger partial charge on any atom is -0.393 e. The molecule has 3 N–H and O–H groups in total. The largest absolute Gasteiger partial charge is 0.393 e. The second-order valence-corrected chi connectivity index (χ2v) is 16.7. The lowest BCUT2D eigenvalue weighted by Gasteiger charge is -2.14. The number of aliphatic hydroxyl groups is 3. The topological polar surface area (TPSA) is 60.7 Å². The Morgan fingerprint density at radius 1 is 0.700 bits per heavy atom. The van der Waals surface area contributed by atoms with Crippen LogP contribution in [0.25, 0.3) is 0 Å². The maximum absolute atomic E-state index is 9.82. The Labute approximate surface area is 125 Å². The van der Waals surface area contributed by atoms with Crippen molar-refractivity contribution in [3.8, 4) is 22.9 Å². The zero-order chi connectivity index (χ0) is 16.0. The van der Waals surface area contributed by atoms with Gasteiger partial charge in [0.05, 0.1) is 6.10 Å². The van der Waals surface area contributed by atoms with Gasteiger partial charge in [0.1, 0.15) is 28.4 Å². The average Bonchev–Trinajstić information content (AvgIpc) is 2.21. The number of hydrogen-bond acceptors (Lipinski definition) is 3. The molecule has 0 aliphatic heterocycles. The summed E-state index contributed by atoms with van der Waals surface area (Å²) in [5.74, 6) is 5.56. The van der Waals surface area contributed by atoms with Gasteiger partial charge >= 0.3 is 0 Å². The molecule has 114 valence electrons. The molecule has 0 amide bonds. The molecule has 5 heteroatoms. The van der Waals surface area contributed by atoms with E-state index in [1.165, 1.54) is 0 Å². The number of hydrogen-bond donors (Lipinski definition) is 3. The maximum Gasteiger partial charge on any atom is 0.129 e. The van der Waals surface area contributed by atoms with Crippen molar-refractivity contribution in [3.05, 3.63) is 0 Å². The summed E-state index contributed by atoms with van der Waals surface area (Å²) >= 11 is 0. The zero-order valence-electron chi connectivity index (χ0n) is 13.5. The van der Waals surface area contributed by atoms with Gasteiger partial charge in [0.15, 0.2) is 0 Å². The second-order valence-electron chi connectivity index (χ2n) is 7.20. The van der Waals surface area contributed by atoms with Crippen LogP contribution in [0.5, 0.6) is 0 Å². The first-order chi connectivity index (χ1) is 8.89. The van der Waals surface area contributed by atoms with E-state index in [0.29, 0.717) is 0 Å². The highest BCUT2D eigenvalue weighted by atomic mass is 28.3. The van der Waals surface area contributed by atoms with E-state index in [0.717, 1.165) is 0 Å². The van der Waals surface area contributed by atoms with Crippen molar-refractivity contribution in [2.45, 2.75) is 70.4 Å². The quantitative estimate of drug-likeness (QED) is 0.546. The van der Waals surface area contributed by atoms with E-state index in [4.69, 9.17) is 0 Å². The molecule has 0 rings (SSSR count). The molecule has 0 aromatic heterocycles. The van der Waals surface area contributed by atoms with Crippen LogP contribution in [-0.2, 0) is 0 Å². The molecule has 0 aliphatic rings. The lowest BCUT2D eigenvalue weighted by atomic mass is 10.1. The van der Waals surface area contributed by atoms with Gasteiger partial charge in [0, 0.05) is 12.8 Å². The summed E-state index contributed by atoms with van der Waals surface area (Å²) in [7, 11) is -3.01. The monoisotopic (exact) mass is 312 g/mol. The Bertz CT molecular complexity index is 373. The van der Waals surface area contributed by atoms with E-state index in [2.05, 4.69) is 62.2 Å². The standard InChI is InChI=1S/C15H28O3Si2/c1-19(2,3)9-7-13(16)11-15(18)12-14(17)8-10-20(4,5)6/h13-18H,11-12H2,1-6H3/t13-,14-/m0/s1. The normalized spacial score (nSPS) is 14.9. The Morgan fingerprint density at radius 3 is 1.25 bits per heavy atom. The highest BCUT2D eigenvalue weighted by molar-refractivity contribution is 6.84. The molecular formula is C15H28O3Si2. The van der Waals surface area contributed by atoms with Crippen molar-refractivity contribution in [3.63, 3.8) is 0 Å². The van der Waals surface area contributed by atoms with Gasteiger partial charge in [-0.3, -0.25) is 0 Å². The minimum atomic E-state index is -1.51. The van der Waals surface area contributed by atoms with Crippen LogP contribution < -0.4 is 0 Å². The Morgan fingerprint density at radius 2 is 1.00 bits per heavy atom. The van der Waals surface area contributed by atoms with Crippen LogP contribution in [0.2, 0.25) is 39.3 Å².